The first-order valence-electron chi connectivity index (χ1n) is 6.82. The molecule has 0 saturated carbocycles. The van der Waals surface area contributed by atoms with Crippen LogP contribution in [0.3, 0.4) is 0 Å². The molecule has 1 aliphatic heterocycles. The molecule has 1 aromatic carbocycles. The minimum Gasteiger partial charge on any atom is -0.316 e. The van der Waals surface area contributed by atoms with Gasteiger partial charge in [0.15, 0.2) is 11.6 Å². The van der Waals surface area contributed by atoms with E-state index in [2.05, 4.69) is 5.32 Å². The van der Waals surface area contributed by atoms with Gasteiger partial charge in [0.05, 0.1) is 0 Å². The van der Waals surface area contributed by atoms with E-state index in [1.165, 1.54) is 12.1 Å². The molecule has 104 valence electrons. The second kappa shape index (κ2) is 6.75. The number of rotatable bonds is 5. The number of piperidine rings is 1. The molecule has 2 rings (SSSR count). The van der Waals surface area contributed by atoms with E-state index in [0.717, 1.165) is 38.4 Å². The Bertz CT molecular complexity index is 442. The van der Waals surface area contributed by atoms with Crippen LogP contribution in [-0.4, -0.2) is 18.9 Å². The number of carbonyl (C=O) groups excluding carboxylic acids is 1. The van der Waals surface area contributed by atoms with Gasteiger partial charge in [0, 0.05) is 12.8 Å². The molecule has 1 aromatic rings. The highest BCUT2D eigenvalue weighted by molar-refractivity contribution is 5.80. The molecule has 4 heteroatoms. The number of halogens is 2. The summed E-state index contributed by atoms with van der Waals surface area (Å²) in [6.07, 6.45) is 3.57. The van der Waals surface area contributed by atoms with Crippen LogP contribution in [0, 0.1) is 17.6 Å². The number of carbonyl (C=O) groups is 1. The van der Waals surface area contributed by atoms with Crippen LogP contribution in [0.1, 0.15) is 31.2 Å². The highest BCUT2D eigenvalue weighted by atomic mass is 19.2. The van der Waals surface area contributed by atoms with Crippen LogP contribution >= 0.6 is 0 Å². The van der Waals surface area contributed by atoms with Gasteiger partial charge in [-0.2, -0.15) is 0 Å². The Morgan fingerprint density at radius 2 is 2.21 bits per heavy atom. The molecule has 0 aliphatic carbocycles. The summed E-state index contributed by atoms with van der Waals surface area (Å²) in [7, 11) is 0. The molecule has 1 aliphatic rings. The van der Waals surface area contributed by atoms with Gasteiger partial charge in [-0.05, 0) is 49.9 Å². The molecule has 0 spiro atoms. The number of ketones is 1. The molecule has 1 N–H and O–H groups in total. The van der Waals surface area contributed by atoms with Crippen molar-refractivity contribution in [2.24, 2.45) is 5.92 Å². The van der Waals surface area contributed by atoms with Crippen molar-refractivity contribution in [1.82, 2.24) is 5.32 Å². The van der Waals surface area contributed by atoms with Crippen LogP contribution in [0.5, 0.6) is 0 Å². The largest absolute Gasteiger partial charge is 0.316 e. The average Bonchev–Trinajstić information content (AvgIpc) is 2.43. The maximum absolute atomic E-state index is 13.4. The van der Waals surface area contributed by atoms with Crippen molar-refractivity contribution in [2.45, 2.75) is 32.1 Å². The number of nitrogens with one attached hydrogen (secondary N) is 1. The molecular weight excluding hydrogens is 248 g/mol. The molecular formula is C15H19F2NO. The van der Waals surface area contributed by atoms with Crippen molar-refractivity contribution in [3.05, 3.63) is 35.4 Å². The van der Waals surface area contributed by atoms with E-state index in [9.17, 15) is 13.6 Å². The van der Waals surface area contributed by atoms with Crippen LogP contribution in [0.25, 0.3) is 0 Å². The van der Waals surface area contributed by atoms with Gasteiger partial charge in [-0.3, -0.25) is 4.79 Å². The average molecular weight is 267 g/mol. The van der Waals surface area contributed by atoms with Crippen molar-refractivity contribution in [1.29, 1.82) is 0 Å². The summed E-state index contributed by atoms with van der Waals surface area (Å²) in [5.74, 6) is -1.26. The fourth-order valence-electron chi connectivity index (χ4n) is 2.52. The lowest BCUT2D eigenvalue weighted by Crippen LogP contribution is -2.30. The Hall–Kier alpha value is -1.29. The zero-order chi connectivity index (χ0) is 13.7. The van der Waals surface area contributed by atoms with Gasteiger partial charge < -0.3 is 5.32 Å². The molecule has 0 aromatic heterocycles. The molecule has 1 saturated heterocycles. The van der Waals surface area contributed by atoms with E-state index in [4.69, 9.17) is 0 Å². The molecule has 1 atom stereocenters. The lowest BCUT2D eigenvalue weighted by Gasteiger charge is -2.22. The molecule has 1 unspecified atom stereocenters. The van der Waals surface area contributed by atoms with Crippen molar-refractivity contribution in [3.8, 4) is 0 Å². The number of hydrogen-bond donors (Lipinski definition) is 1. The van der Waals surface area contributed by atoms with E-state index in [-0.39, 0.29) is 17.8 Å². The minimum atomic E-state index is -0.893. The van der Waals surface area contributed by atoms with E-state index >= 15 is 0 Å². The normalized spacial score (nSPS) is 19.4. The SMILES string of the molecule is O=C(CCC1CCCNC1)Cc1cccc(F)c1F. The Kier molecular flexibility index (Phi) is 5.02. The summed E-state index contributed by atoms with van der Waals surface area (Å²) < 4.78 is 26.4. The van der Waals surface area contributed by atoms with Gasteiger partial charge in [-0.1, -0.05) is 12.1 Å². The first-order valence-corrected chi connectivity index (χ1v) is 6.82. The fraction of sp³-hybridized carbons (Fsp3) is 0.533. The van der Waals surface area contributed by atoms with E-state index < -0.39 is 11.6 Å². The quantitative estimate of drug-likeness (QED) is 0.888. The van der Waals surface area contributed by atoms with E-state index in [1.54, 1.807) is 0 Å². The summed E-state index contributed by atoms with van der Waals surface area (Å²) >= 11 is 0. The second-order valence-electron chi connectivity index (χ2n) is 5.18. The number of hydrogen-bond acceptors (Lipinski definition) is 2. The minimum absolute atomic E-state index is 0.0102. The third-order valence-corrected chi connectivity index (χ3v) is 3.65. The first-order chi connectivity index (χ1) is 9.16. The number of Topliss-reactive ketones (excluding diaryl/α,β-unsaturated/α-hetero) is 1. The smallest absolute Gasteiger partial charge is 0.162 e. The molecule has 2 nitrogen and oxygen atoms in total. The Balaban J connectivity index is 1.82. The van der Waals surface area contributed by atoms with E-state index in [1.807, 2.05) is 0 Å². The van der Waals surface area contributed by atoms with Gasteiger partial charge in [0.1, 0.15) is 5.78 Å². The van der Waals surface area contributed by atoms with Crippen LogP contribution in [0.2, 0.25) is 0 Å². The lowest BCUT2D eigenvalue weighted by atomic mass is 9.92. The summed E-state index contributed by atoms with van der Waals surface area (Å²) in [4.78, 5) is 11.8. The van der Waals surface area contributed by atoms with Gasteiger partial charge >= 0.3 is 0 Å². The second-order valence-corrected chi connectivity index (χ2v) is 5.18. The third-order valence-electron chi connectivity index (χ3n) is 3.65. The highest BCUT2D eigenvalue weighted by Gasteiger charge is 2.16. The van der Waals surface area contributed by atoms with Gasteiger partial charge in [0.25, 0.3) is 0 Å². The van der Waals surface area contributed by atoms with Crippen LogP contribution in [0.4, 0.5) is 8.78 Å². The predicted molar refractivity (Wildman–Crippen MR) is 69.9 cm³/mol. The maximum Gasteiger partial charge on any atom is 0.162 e. The standard InChI is InChI=1S/C15H19F2NO/c16-14-5-1-4-12(15(14)17)9-13(19)7-6-11-3-2-8-18-10-11/h1,4-5,11,18H,2-3,6-10H2. The summed E-state index contributed by atoms with van der Waals surface area (Å²) in [5.41, 5.74) is 0.159. The van der Waals surface area contributed by atoms with Gasteiger partial charge in [-0.25, -0.2) is 8.78 Å². The van der Waals surface area contributed by atoms with Gasteiger partial charge in [-0.15, -0.1) is 0 Å². The molecule has 1 fully saturated rings. The predicted octanol–water partition coefficient (Wildman–Crippen LogP) is 2.86. The zero-order valence-electron chi connectivity index (χ0n) is 10.9. The van der Waals surface area contributed by atoms with Crippen molar-refractivity contribution < 1.29 is 13.6 Å². The fourth-order valence-corrected chi connectivity index (χ4v) is 2.52. The Labute approximate surface area is 112 Å². The molecule has 0 amide bonds. The van der Waals surface area contributed by atoms with Crippen molar-refractivity contribution >= 4 is 5.78 Å². The first kappa shape index (κ1) is 14.1. The Morgan fingerprint density at radius 3 is 2.95 bits per heavy atom. The molecule has 1 heterocycles. The third kappa shape index (κ3) is 4.10. The molecule has 0 radical (unpaired) electrons. The summed E-state index contributed by atoms with van der Waals surface area (Å²) in [6, 6.07) is 3.97. The summed E-state index contributed by atoms with van der Waals surface area (Å²) in [5, 5.41) is 3.30. The highest BCUT2D eigenvalue weighted by Crippen LogP contribution is 2.18. The van der Waals surface area contributed by atoms with Crippen LogP contribution in [0.15, 0.2) is 18.2 Å². The Morgan fingerprint density at radius 1 is 1.37 bits per heavy atom. The van der Waals surface area contributed by atoms with Crippen molar-refractivity contribution in [3.63, 3.8) is 0 Å². The lowest BCUT2D eigenvalue weighted by molar-refractivity contribution is -0.118. The molecule has 0 bridgehead atoms. The van der Waals surface area contributed by atoms with Crippen LogP contribution < -0.4 is 5.32 Å². The number of benzene rings is 1. The topological polar surface area (TPSA) is 29.1 Å². The summed E-state index contributed by atoms with van der Waals surface area (Å²) in [6.45, 7) is 2.01. The zero-order valence-corrected chi connectivity index (χ0v) is 10.9. The monoisotopic (exact) mass is 267 g/mol. The van der Waals surface area contributed by atoms with Crippen LogP contribution in [-0.2, 0) is 11.2 Å². The van der Waals surface area contributed by atoms with Crippen molar-refractivity contribution in [2.75, 3.05) is 13.1 Å². The van der Waals surface area contributed by atoms with E-state index in [0.29, 0.717) is 12.3 Å². The van der Waals surface area contributed by atoms with Gasteiger partial charge in [0.2, 0.25) is 0 Å². The maximum atomic E-state index is 13.4. The molecule has 19 heavy (non-hydrogen) atoms.